The number of fused-ring (bicyclic) bond motifs is 7. The van der Waals surface area contributed by atoms with Crippen molar-refractivity contribution < 1.29 is 18.7 Å². The van der Waals surface area contributed by atoms with Crippen LogP contribution in [0.1, 0.15) is 52.0 Å². The average molecular weight is 591 g/mol. The molecule has 1 aromatic heterocycles. The number of carbonyl (C=O) groups excluding carboxylic acids is 2. The van der Waals surface area contributed by atoms with Gasteiger partial charge in [-0.05, 0) is 60.7 Å². The summed E-state index contributed by atoms with van der Waals surface area (Å²) in [7, 11) is 1.35. The molecular weight excluding hydrogens is 566 g/mol. The summed E-state index contributed by atoms with van der Waals surface area (Å²) in [5, 5.41) is 3.62. The highest BCUT2D eigenvalue weighted by Crippen LogP contribution is 2.65. The van der Waals surface area contributed by atoms with Gasteiger partial charge in [-0.1, -0.05) is 41.4 Å². The van der Waals surface area contributed by atoms with Crippen molar-refractivity contribution in [3.63, 3.8) is 0 Å². The van der Waals surface area contributed by atoms with Gasteiger partial charge in [0.2, 0.25) is 5.91 Å². The molecule has 4 heterocycles. The lowest BCUT2D eigenvalue weighted by Crippen LogP contribution is -2.53. The van der Waals surface area contributed by atoms with Crippen molar-refractivity contribution >= 4 is 51.8 Å². The first-order valence-corrected chi connectivity index (χ1v) is 14.5. The monoisotopic (exact) mass is 590 g/mol. The summed E-state index contributed by atoms with van der Waals surface area (Å²) in [6.07, 6.45) is 2.19. The molecule has 3 aliphatic heterocycles. The van der Waals surface area contributed by atoms with Gasteiger partial charge in [-0.15, -0.1) is 0 Å². The molecule has 1 N–H and O–H groups in total. The highest BCUT2D eigenvalue weighted by molar-refractivity contribution is 6.31. The van der Waals surface area contributed by atoms with Gasteiger partial charge in [-0.25, -0.2) is 14.2 Å². The molecule has 0 unspecified atom stereocenters. The fraction of sp³-hybridized carbons (Fsp3) is 0.323. The van der Waals surface area contributed by atoms with Crippen LogP contribution in [0.25, 0.3) is 11.0 Å². The SMILES string of the molecule is COC(=O)c1ccc2c(c1)nc1n2C[C@@H]2[C@H]1[C@@H](c1cccc(Cl)c1F)[C@@]1(C(=O)Nc3cc(Cl)ccc31)N2CC1CC1. The first-order valence-electron chi connectivity index (χ1n) is 13.7. The number of anilines is 1. The molecule has 10 heteroatoms. The van der Waals surface area contributed by atoms with E-state index in [9.17, 15) is 9.59 Å². The van der Waals surface area contributed by atoms with E-state index in [4.69, 9.17) is 32.9 Å². The van der Waals surface area contributed by atoms with Gasteiger partial charge in [0.15, 0.2) is 0 Å². The van der Waals surface area contributed by atoms with E-state index in [2.05, 4.69) is 14.8 Å². The number of methoxy groups -OCH3 is 1. The first-order chi connectivity index (χ1) is 19.8. The molecule has 1 saturated carbocycles. The van der Waals surface area contributed by atoms with E-state index in [1.54, 1.807) is 36.4 Å². The van der Waals surface area contributed by atoms with E-state index in [-0.39, 0.29) is 22.9 Å². The van der Waals surface area contributed by atoms with E-state index in [1.165, 1.54) is 13.2 Å². The predicted octanol–water partition coefficient (Wildman–Crippen LogP) is 6.09. The maximum absolute atomic E-state index is 16.1. The smallest absolute Gasteiger partial charge is 0.337 e. The van der Waals surface area contributed by atoms with E-state index in [0.29, 0.717) is 46.4 Å². The third-order valence-corrected chi connectivity index (χ3v) is 9.93. The van der Waals surface area contributed by atoms with Crippen LogP contribution in [0.4, 0.5) is 10.1 Å². The first kappa shape index (κ1) is 25.3. The third-order valence-electron chi connectivity index (χ3n) is 9.40. The van der Waals surface area contributed by atoms with Gasteiger partial charge in [0.25, 0.3) is 0 Å². The van der Waals surface area contributed by atoms with Crippen molar-refractivity contribution in [3.05, 3.63) is 93.0 Å². The van der Waals surface area contributed by atoms with Crippen molar-refractivity contribution in [2.45, 2.75) is 42.8 Å². The number of ether oxygens (including phenoxy) is 1. The lowest BCUT2D eigenvalue weighted by molar-refractivity contribution is -0.128. The summed E-state index contributed by atoms with van der Waals surface area (Å²) < 4.78 is 23.2. The van der Waals surface area contributed by atoms with Crippen molar-refractivity contribution in [2.75, 3.05) is 19.0 Å². The number of likely N-dealkylation sites (tertiary alicyclic amines) is 1. The number of nitrogens with zero attached hydrogens (tertiary/aromatic N) is 3. The minimum Gasteiger partial charge on any atom is -0.465 e. The van der Waals surface area contributed by atoms with Crippen LogP contribution in [-0.4, -0.2) is 46.0 Å². The normalized spacial score (nSPS) is 26.3. The fourth-order valence-corrected chi connectivity index (χ4v) is 7.95. The van der Waals surface area contributed by atoms with E-state index >= 15 is 4.39 Å². The summed E-state index contributed by atoms with van der Waals surface area (Å²) in [6.45, 7) is 1.29. The lowest BCUT2D eigenvalue weighted by atomic mass is 9.71. The molecule has 1 amide bonds. The van der Waals surface area contributed by atoms with Gasteiger partial charge in [0.05, 0.1) is 28.7 Å². The molecule has 0 bridgehead atoms. The molecule has 1 saturated heterocycles. The van der Waals surface area contributed by atoms with Crippen LogP contribution in [0.2, 0.25) is 10.0 Å². The Bertz CT molecular complexity index is 1800. The van der Waals surface area contributed by atoms with Crippen LogP contribution >= 0.6 is 23.2 Å². The standard InChI is InChI=1S/C31H25Cl2FN4O3/c1-41-29(39)16-7-10-23-22(11-16)35-28-25-24(14-37(23)28)38(13-15-5-6-15)31(26(25)18-3-2-4-20(33)27(18)34)19-9-8-17(32)12-21(19)36-30(31)40/h2-4,7-12,15,24-26H,5-6,13-14H2,1H3,(H,36,40)/t24-,25+,26-,31+/m1/s1. The Morgan fingerprint density at radius 2 is 2.00 bits per heavy atom. The van der Waals surface area contributed by atoms with Crippen molar-refractivity contribution in [2.24, 2.45) is 5.92 Å². The second-order valence-electron chi connectivity index (χ2n) is 11.5. The predicted molar refractivity (Wildman–Crippen MR) is 153 cm³/mol. The number of esters is 1. The third kappa shape index (κ3) is 3.38. The Morgan fingerprint density at radius 3 is 2.78 bits per heavy atom. The van der Waals surface area contributed by atoms with Crippen LogP contribution in [0, 0.1) is 11.7 Å². The second kappa shape index (κ2) is 8.77. The fourth-order valence-electron chi connectivity index (χ4n) is 7.60. The van der Waals surface area contributed by atoms with Gasteiger partial charge >= 0.3 is 5.97 Å². The number of halogens is 3. The summed E-state index contributed by atoms with van der Waals surface area (Å²) in [5.41, 5.74) is 2.60. The number of hydrogen-bond acceptors (Lipinski definition) is 5. The molecule has 208 valence electrons. The van der Waals surface area contributed by atoms with Crippen LogP contribution < -0.4 is 5.32 Å². The molecule has 4 atom stereocenters. The number of aromatic nitrogens is 2. The topological polar surface area (TPSA) is 76.5 Å². The maximum atomic E-state index is 16.1. The van der Waals surface area contributed by atoms with Crippen molar-refractivity contribution in [3.8, 4) is 0 Å². The zero-order chi connectivity index (χ0) is 28.2. The Kier molecular flexibility index (Phi) is 5.40. The van der Waals surface area contributed by atoms with Gasteiger partial charge in [-0.2, -0.15) is 0 Å². The molecular formula is C31H25Cl2FN4O3. The molecule has 8 rings (SSSR count). The highest BCUT2D eigenvalue weighted by atomic mass is 35.5. The number of rotatable bonds is 4. The molecule has 0 radical (unpaired) electrons. The molecule has 4 aromatic rings. The van der Waals surface area contributed by atoms with Gasteiger partial charge < -0.3 is 14.6 Å². The largest absolute Gasteiger partial charge is 0.465 e. The van der Waals surface area contributed by atoms with Crippen LogP contribution in [0.5, 0.6) is 0 Å². The molecule has 7 nitrogen and oxygen atoms in total. The Balaban J connectivity index is 1.40. The maximum Gasteiger partial charge on any atom is 0.337 e. The van der Waals surface area contributed by atoms with Crippen LogP contribution in [0.3, 0.4) is 0 Å². The molecule has 4 aliphatic rings. The number of nitrogens with one attached hydrogen (secondary N) is 1. The number of hydrogen-bond donors (Lipinski definition) is 1. The zero-order valence-electron chi connectivity index (χ0n) is 22.0. The highest BCUT2D eigenvalue weighted by Gasteiger charge is 2.69. The Morgan fingerprint density at radius 1 is 1.17 bits per heavy atom. The molecule has 3 aromatic carbocycles. The summed E-state index contributed by atoms with van der Waals surface area (Å²) >= 11 is 12.7. The van der Waals surface area contributed by atoms with Gasteiger partial charge in [0.1, 0.15) is 17.2 Å². The lowest BCUT2D eigenvalue weighted by Gasteiger charge is -2.40. The second-order valence-corrected chi connectivity index (χ2v) is 12.3. The van der Waals surface area contributed by atoms with Crippen LogP contribution in [-0.2, 0) is 21.6 Å². The summed E-state index contributed by atoms with van der Waals surface area (Å²) in [4.78, 5) is 34.0. The summed E-state index contributed by atoms with van der Waals surface area (Å²) in [5.74, 6) is -0.858. The Labute approximate surface area is 245 Å². The molecule has 2 fully saturated rings. The minimum absolute atomic E-state index is 0.0128. The number of carbonyl (C=O) groups is 2. The number of benzene rings is 3. The van der Waals surface area contributed by atoms with E-state index < -0.39 is 23.2 Å². The summed E-state index contributed by atoms with van der Waals surface area (Å²) in [6, 6.07) is 15.7. The van der Waals surface area contributed by atoms with E-state index in [1.807, 2.05) is 12.1 Å². The quantitative estimate of drug-likeness (QED) is 0.291. The van der Waals surface area contributed by atoms with Gasteiger partial charge in [-0.3, -0.25) is 9.69 Å². The minimum atomic E-state index is -1.18. The van der Waals surface area contributed by atoms with Crippen molar-refractivity contribution in [1.82, 2.24) is 14.5 Å². The van der Waals surface area contributed by atoms with E-state index in [0.717, 1.165) is 29.7 Å². The number of amides is 1. The average Bonchev–Trinajstić information content (AvgIpc) is 3.41. The van der Waals surface area contributed by atoms with Crippen molar-refractivity contribution in [1.29, 1.82) is 0 Å². The molecule has 41 heavy (non-hydrogen) atoms. The molecule has 1 aliphatic carbocycles. The van der Waals surface area contributed by atoms with Crippen LogP contribution in [0.15, 0.2) is 54.6 Å². The molecule has 1 spiro atoms. The zero-order valence-corrected chi connectivity index (χ0v) is 23.5. The number of imidazole rings is 1. The Hall–Kier alpha value is -3.46. The van der Waals surface area contributed by atoms with Gasteiger partial charge in [0, 0.05) is 47.2 Å².